The van der Waals surface area contributed by atoms with Crippen molar-refractivity contribution in [2.45, 2.75) is 51.6 Å². The van der Waals surface area contributed by atoms with Crippen LogP contribution in [0, 0.1) is 10.1 Å². The highest BCUT2D eigenvalue weighted by Crippen LogP contribution is 2.17. The van der Waals surface area contributed by atoms with Crippen LogP contribution in [0.2, 0.25) is 0 Å². The highest BCUT2D eigenvalue weighted by molar-refractivity contribution is 5.83. The Morgan fingerprint density at radius 3 is 2.35 bits per heavy atom. The van der Waals surface area contributed by atoms with Crippen LogP contribution in [0.15, 0.2) is 47.5 Å². The normalized spacial score (nSPS) is 14.9. The molecule has 2 aromatic carbocycles. The van der Waals surface area contributed by atoms with Crippen LogP contribution in [0.4, 0.5) is 11.4 Å². The van der Waals surface area contributed by atoms with E-state index < -0.39 is 6.17 Å². The first-order valence-electron chi connectivity index (χ1n) is 12.0. The zero-order chi connectivity index (χ0) is 27.8. The molecule has 6 N–H and O–H groups in total. The van der Waals surface area contributed by atoms with Gasteiger partial charge in [0.2, 0.25) is 0 Å². The number of ketones is 1. The van der Waals surface area contributed by atoms with E-state index in [0.717, 1.165) is 12.7 Å². The SMILES string of the molecule is C1CC1.CC1=NCC([N+](=O)[O-])N1CCC(=O)CCc1ccccc1N.CO.Nc1ccc(O)c(C=O)c1. The number of nitrogens with two attached hydrogens (primary N) is 2. The first-order chi connectivity index (χ1) is 17.7. The molecular formula is C26H37N5O6. The van der Waals surface area contributed by atoms with E-state index in [9.17, 15) is 19.7 Å². The highest BCUT2D eigenvalue weighted by Gasteiger charge is 2.34. The van der Waals surface area contributed by atoms with Gasteiger partial charge in [-0.2, -0.15) is 0 Å². The molecule has 0 spiro atoms. The molecule has 1 fully saturated rings. The topological polar surface area (TPSA) is 185 Å². The Balaban J connectivity index is 0.000000374. The summed E-state index contributed by atoms with van der Waals surface area (Å²) in [5.41, 5.74) is 13.5. The average molecular weight is 516 g/mol. The molecule has 0 aromatic heterocycles. The van der Waals surface area contributed by atoms with Gasteiger partial charge in [0, 0.05) is 42.8 Å². The van der Waals surface area contributed by atoms with Crippen LogP contribution in [-0.4, -0.2) is 64.3 Å². The van der Waals surface area contributed by atoms with E-state index in [1.807, 2.05) is 24.3 Å². The predicted octanol–water partition coefficient (Wildman–Crippen LogP) is 3.06. The number of anilines is 2. The zero-order valence-corrected chi connectivity index (χ0v) is 21.4. The van der Waals surface area contributed by atoms with Crippen molar-refractivity contribution in [1.29, 1.82) is 0 Å². The quantitative estimate of drug-likeness (QED) is 0.135. The second-order valence-corrected chi connectivity index (χ2v) is 8.33. The van der Waals surface area contributed by atoms with E-state index in [2.05, 4.69) is 4.99 Å². The number of nitrogen functional groups attached to an aromatic ring is 2. The molecular weight excluding hydrogens is 478 g/mol. The first kappa shape index (κ1) is 31.0. The van der Waals surface area contributed by atoms with Crippen LogP contribution in [0.5, 0.6) is 5.75 Å². The van der Waals surface area contributed by atoms with Crippen LogP contribution in [0.1, 0.15) is 54.9 Å². The molecule has 0 amide bonds. The fourth-order valence-electron chi connectivity index (χ4n) is 3.18. The lowest BCUT2D eigenvalue weighted by Crippen LogP contribution is -2.42. The largest absolute Gasteiger partial charge is 0.507 e. The second-order valence-electron chi connectivity index (χ2n) is 8.33. The van der Waals surface area contributed by atoms with Crippen LogP contribution in [-0.2, 0) is 11.2 Å². The minimum atomic E-state index is -0.836. The summed E-state index contributed by atoms with van der Waals surface area (Å²) in [6.45, 7) is 2.23. The molecule has 1 saturated carbocycles. The Hall–Kier alpha value is -3.99. The van der Waals surface area contributed by atoms with E-state index >= 15 is 0 Å². The third-order valence-electron chi connectivity index (χ3n) is 5.39. The van der Waals surface area contributed by atoms with Crippen molar-refractivity contribution in [1.82, 2.24) is 4.90 Å². The van der Waals surface area contributed by atoms with E-state index in [1.54, 1.807) is 11.8 Å². The third-order valence-corrected chi connectivity index (χ3v) is 5.39. The number of aldehydes is 1. The number of aliphatic imine (C=N–C) groups is 1. The number of hydrogen-bond acceptors (Lipinski definition) is 10. The van der Waals surface area contributed by atoms with Gasteiger partial charge < -0.3 is 21.7 Å². The number of nitro groups is 1. The van der Waals surface area contributed by atoms with E-state index in [-0.39, 0.29) is 35.0 Å². The maximum Gasteiger partial charge on any atom is 0.307 e. The van der Waals surface area contributed by atoms with E-state index in [4.69, 9.17) is 21.7 Å². The Labute approximate surface area is 217 Å². The Bertz CT molecular complexity index is 1050. The van der Waals surface area contributed by atoms with Gasteiger partial charge in [-0.25, -0.2) is 0 Å². The molecule has 0 bridgehead atoms. The first-order valence-corrected chi connectivity index (χ1v) is 12.0. The van der Waals surface area contributed by atoms with Crippen molar-refractivity contribution < 1.29 is 24.7 Å². The molecule has 1 heterocycles. The van der Waals surface area contributed by atoms with Crippen molar-refractivity contribution in [2.75, 3.05) is 31.7 Å². The van der Waals surface area contributed by atoms with Gasteiger partial charge in [0.25, 0.3) is 0 Å². The molecule has 11 nitrogen and oxygen atoms in total. The molecule has 4 rings (SSSR count). The van der Waals surface area contributed by atoms with Crippen molar-refractivity contribution in [3.8, 4) is 5.75 Å². The number of aliphatic hydroxyl groups is 1. The number of hydrogen-bond donors (Lipinski definition) is 4. The van der Waals surface area contributed by atoms with Gasteiger partial charge in [0.05, 0.1) is 5.56 Å². The standard InChI is InChI=1S/C15H20N4O3.C7H7NO2.C3H6.CH4O/c1-11-17-10-15(19(21)22)18(11)9-8-13(20)7-6-12-4-2-3-5-14(12)16;8-6-1-2-7(10)5(3-6)4-9;1-2-3-1;1-2/h2-5,15H,6-10,16H2,1H3;1-4,10H,8H2;1-3H2;2H,1H3. The number of benzene rings is 2. The van der Waals surface area contributed by atoms with Crippen LogP contribution < -0.4 is 11.5 Å². The Morgan fingerprint density at radius 1 is 1.16 bits per heavy atom. The molecule has 2 aliphatic rings. The number of Topliss-reactive ketones (excluding diaryl/α,β-unsaturated/α-hetero) is 1. The third kappa shape index (κ3) is 11.5. The zero-order valence-electron chi connectivity index (χ0n) is 21.4. The summed E-state index contributed by atoms with van der Waals surface area (Å²) in [7, 11) is 1.00. The van der Waals surface area contributed by atoms with Gasteiger partial charge in [-0.1, -0.05) is 37.5 Å². The minimum Gasteiger partial charge on any atom is -0.507 e. The van der Waals surface area contributed by atoms with E-state index in [1.165, 1.54) is 37.5 Å². The van der Waals surface area contributed by atoms with E-state index in [0.29, 0.717) is 42.9 Å². The molecule has 2 aromatic rings. The molecule has 202 valence electrons. The number of amidine groups is 1. The summed E-state index contributed by atoms with van der Waals surface area (Å²) in [5, 5.41) is 26.9. The molecule has 1 unspecified atom stereocenters. The maximum absolute atomic E-state index is 12.0. The number of rotatable bonds is 8. The lowest BCUT2D eigenvalue weighted by atomic mass is 10.0. The summed E-state index contributed by atoms with van der Waals surface area (Å²) >= 11 is 0. The van der Waals surface area contributed by atoms with Crippen LogP contribution >= 0.6 is 0 Å². The number of para-hydroxylation sites is 1. The minimum absolute atomic E-state index is 0.0378. The Morgan fingerprint density at radius 2 is 1.81 bits per heavy atom. The van der Waals surface area contributed by atoms with Gasteiger partial charge in [0.1, 0.15) is 23.9 Å². The second kappa shape index (κ2) is 16.6. The smallest absolute Gasteiger partial charge is 0.307 e. The summed E-state index contributed by atoms with van der Waals surface area (Å²) < 4.78 is 0. The number of carbonyl (C=O) groups excluding carboxylic acids is 2. The van der Waals surface area contributed by atoms with Gasteiger partial charge >= 0.3 is 6.17 Å². The van der Waals surface area contributed by atoms with Crippen molar-refractivity contribution in [2.24, 2.45) is 4.99 Å². The molecule has 0 radical (unpaired) electrons. The van der Waals surface area contributed by atoms with Gasteiger partial charge in [-0.15, -0.1) is 0 Å². The fraction of sp³-hybridized carbons (Fsp3) is 0.423. The average Bonchev–Trinajstić information content (AvgIpc) is 3.73. The highest BCUT2D eigenvalue weighted by atomic mass is 16.6. The lowest BCUT2D eigenvalue weighted by Gasteiger charge is -2.20. The van der Waals surface area contributed by atoms with Gasteiger partial charge in [-0.3, -0.25) is 29.6 Å². The molecule has 37 heavy (non-hydrogen) atoms. The summed E-state index contributed by atoms with van der Waals surface area (Å²) in [5.74, 6) is 0.663. The van der Waals surface area contributed by atoms with Crippen molar-refractivity contribution in [3.05, 3.63) is 63.7 Å². The summed E-state index contributed by atoms with van der Waals surface area (Å²) in [6.07, 6.45) is 5.49. The molecule has 1 aliphatic carbocycles. The molecule has 1 aliphatic heterocycles. The fourth-order valence-corrected chi connectivity index (χ4v) is 3.18. The number of aromatic hydroxyl groups is 1. The van der Waals surface area contributed by atoms with Crippen LogP contribution in [0.25, 0.3) is 0 Å². The predicted molar refractivity (Wildman–Crippen MR) is 144 cm³/mol. The number of aryl methyl sites for hydroxylation is 1. The molecule has 11 heteroatoms. The lowest BCUT2D eigenvalue weighted by molar-refractivity contribution is -0.539. The number of phenols is 1. The molecule has 1 atom stereocenters. The van der Waals surface area contributed by atoms with Gasteiger partial charge in [-0.05, 0) is 43.2 Å². The van der Waals surface area contributed by atoms with Crippen LogP contribution in [0.3, 0.4) is 0 Å². The number of nitrogens with zero attached hydrogens (tertiary/aromatic N) is 3. The van der Waals surface area contributed by atoms with Crippen molar-refractivity contribution >= 4 is 29.3 Å². The number of phenolic OH excluding ortho intramolecular Hbond substituents is 1. The Kier molecular flexibility index (Phi) is 14.0. The monoisotopic (exact) mass is 515 g/mol. The summed E-state index contributed by atoms with van der Waals surface area (Å²) in [6, 6.07) is 11.8. The summed E-state index contributed by atoms with van der Waals surface area (Å²) in [4.78, 5) is 38.4. The molecule has 0 saturated heterocycles. The van der Waals surface area contributed by atoms with Gasteiger partial charge in [0.15, 0.2) is 6.29 Å². The van der Waals surface area contributed by atoms with Crippen molar-refractivity contribution in [3.63, 3.8) is 0 Å². The maximum atomic E-state index is 12.0. The number of carbonyl (C=O) groups is 2. The number of aliphatic hydroxyl groups excluding tert-OH is 1.